The van der Waals surface area contributed by atoms with E-state index in [-0.39, 0.29) is 18.1 Å². The minimum atomic E-state index is -0.0781. The maximum absolute atomic E-state index is 13.5. The number of aryl methyl sites for hydroxylation is 3. The maximum atomic E-state index is 13.5. The number of ether oxygens (including phenoxy) is 1. The van der Waals surface area contributed by atoms with Gasteiger partial charge >= 0.3 is 0 Å². The van der Waals surface area contributed by atoms with Crippen LogP contribution in [0.1, 0.15) is 66.4 Å². The van der Waals surface area contributed by atoms with Gasteiger partial charge in [-0.25, -0.2) is 0 Å². The van der Waals surface area contributed by atoms with E-state index in [1.807, 2.05) is 30.4 Å². The molecule has 4 rings (SSSR count). The number of anilines is 1. The van der Waals surface area contributed by atoms with E-state index < -0.39 is 0 Å². The van der Waals surface area contributed by atoms with Crippen LogP contribution in [0.15, 0.2) is 0 Å². The first-order chi connectivity index (χ1) is 12.0. The zero-order valence-electron chi connectivity index (χ0n) is 15.3. The van der Waals surface area contributed by atoms with E-state index in [0.717, 1.165) is 54.1 Å². The molecule has 0 aromatic carbocycles. The number of fused-ring (bicyclic) bond motifs is 2. The number of carbonyl (C=O) groups excluding carboxylic acids is 1. The fraction of sp³-hybridized carbons (Fsp3) is 0.611. The molecule has 1 N–H and O–H groups in total. The minimum absolute atomic E-state index is 0.0300. The van der Waals surface area contributed by atoms with Gasteiger partial charge in [0, 0.05) is 25.1 Å². The molecule has 2 aromatic heterocycles. The van der Waals surface area contributed by atoms with E-state index in [0.29, 0.717) is 12.2 Å². The van der Waals surface area contributed by atoms with Crippen LogP contribution in [-0.4, -0.2) is 38.5 Å². The molecule has 0 unspecified atom stereocenters. The third-order valence-electron chi connectivity index (χ3n) is 5.19. The minimum Gasteiger partial charge on any atom is -0.369 e. The van der Waals surface area contributed by atoms with Crippen LogP contribution in [0, 0.1) is 6.92 Å². The van der Waals surface area contributed by atoms with Gasteiger partial charge < -0.3 is 9.64 Å². The number of carbonyl (C=O) groups is 1. The Morgan fingerprint density at radius 2 is 2.20 bits per heavy atom. The van der Waals surface area contributed by atoms with Crippen LogP contribution >= 0.6 is 0 Å². The molecule has 2 aromatic rings. The second-order valence-corrected chi connectivity index (χ2v) is 7.03. The highest BCUT2D eigenvalue weighted by Crippen LogP contribution is 2.35. The lowest BCUT2D eigenvalue weighted by molar-refractivity contribution is -0.00711. The highest BCUT2D eigenvalue weighted by molar-refractivity contribution is 6.07. The molecule has 2 aliphatic heterocycles. The van der Waals surface area contributed by atoms with Gasteiger partial charge in [-0.3, -0.25) is 14.6 Å². The van der Waals surface area contributed by atoms with Crippen LogP contribution in [0.4, 0.5) is 5.69 Å². The first-order valence-electron chi connectivity index (χ1n) is 9.12. The summed E-state index contributed by atoms with van der Waals surface area (Å²) < 4.78 is 7.74. The Morgan fingerprint density at radius 3 is 2.96 bits per heavy atom. The molecule has 134 valence electrons. The zero-order valence-corrected chi connectivity index (χ0v) is 15.3. The van der Waals surface area contributed by atoms with E-state index in [2.05, 4.69) is 22.2 Å². The Morgan fingerprint density at radius 1 is 1.40 bits per heavy atom. The Balaban J connectivity index is 1.80. The highest BCUT2D eigenvalue weighted by Gasteiger charge is 2.35. The summed E-state index contributed by atoms with van der Waals surface area (Å²) in [6.45, 7) is 9.44. The number of rotatable bonds is 2. The Kier molecular flexibility index (Phi) is 3.91. The average Bonchev–Trinajstić information content (AvgIpc) is 3.15. The van der Waals surface area contributed by atoms with Gasteiger partial charge in [0.15, 0.2) is 0 Å². The van der Waals surface area contributed by atoms with Crippen molar-refractivity contribution in [1.82, 2.24) is 20.0 Å². The monoisotopic (exact) mass is 343 g/mol. The van der Waals surface area contributed by atoms with Crippen LogP contribution in [-0.2, 0) is 24.1 Å². The molecule has 7 nitrogen and oxygen atoms in total. The molecule has 2 aliphatic rings. The highest BCUT2D eigenvalue weighted by atomic mass is 16.5. The molecule has 0 bridgehead atoms. The van der Waals surface area contributed by atoms with Gasteiger partial charge in [-0.15, -0.1) is 0 Å². The number of aromatic nitrogens is 4. The summed E-state index contributed by atoms with van der Waals surface area (Å²) in [7, 11) is 0. The molecular weight excluding hydrogens is 318 g/mol. The molecule has 1 amide bonds. The summed E-state index contributed by atoms with van der Waals surface area (Å²) in [5, 5.41) is 12.1. The van der Waals surface area contributed by atoms with E-state index in [1.165, 1.54) is 0 Å². The molecule has 4 heterocycles. The summed E-state index contributed by atoms with van der Waals surface area (Å²) in [5.74, 6) is 0.0300. The summed E-state index contributed by atoms with van der Waals surface area (Å²) >= 11 is 0. The van der Waals surface area contributed by atoms with E-state index in [1.54, 1.807) is 0 Å². The van der Waals surface area contributed by atoms with Crippen molar-refractivity contribution in [3.63, 3.8) is 0 Å². The van der Waals surface area contributed by atoms with Gasteiger partial charge in [0.05, 0.1) is 35.0 Å². The Hall–Kier alpha value is -2.15. The number of aromatic amines is 1. The topological polar surface area (TPSA) is 76.0 Å². The van der Waals surface area contributed by atoms with Gasteiger partial charge in [-0.1, -0.05) is 0 Å². The van der Waals surface area contributed by atoms with Crippen molar-refractivity contribution >= 4 is 11.6 Å². The largest absolute Gasteiger partial charge is 0.369 e. The summed E-state index contributed by atoms with van der Waals surface area (Å²) in [6.07, 6.45) is 2.59. The van der Waals surface area contributed by atoms with E-state index >= 15 is 0 Å². The molecule has 0 spiro atoms. The van der Waals surface area contributed by atoms with Crippen LogP contribution in [0.5, 0.6) is 0 Å². The molecule has 25 heavy (non-hydrogen) atoms. The normalized spacial score (nSPS) is 22.6. The number of hydrogen-bond acceptors (Lipinski definition) is 4. The van der Waals surface area contributed by atoms with Gasteiger partial charge in [-0.05, 0) is 40.5 Å². The van der Waals surface area contributed by atoms with Gasteiger partial charge in [0.25, 0.3) is 5.91 Å². The molecule has 7 heteroatoms. The molecule has 2 atom stereocenters. The lowest BCUT2D eigenvalue weighted by Crippen LogP contribution is -2.37. The van der Waals surface area contributed by atoms with Gasteiger partial charge in [-0.2, -0.15) is 10.2 Å². The average molecular weight is 343 g/mol. The summed E-state index contributed by atoms with van der Waals surface area (Å²) in [5.41, 5.74) is 5.55. The lowest BCUT2D eigenvalue weighted by Gasteiger charge is -2.29. The van der Waals surface area contributed by atoms with Crippen molar-refractivity contribution in [2.45, 2.75) is 65.7 Å². The number of nitrogens with zero attached hydrogens (tertiary/aromatic N) is 4. The van der Waals surface area contributed by atoms with Crippen molar-refractivity contribution in [2.75, 3.05) is 11.4 Å². The number of hydrogen-bond donors (Lipinski definition) is 1. The standard InChI is InChI=1S/C18H25N5O2/c1-5-23-17(13-9-10(2)25-12(4)15(13)21-23)18(24)22-8-6-7-14-16(22)11(3)19-20-14/h10,12H,5-9H2,1-4H3,(H,19,20)/t10-,12+/m0/s1. The molecule has 0 saturated heterocycles. The van der Waals surface area contributed by atoms with E-state index in [9.17, 15) is 4.79 Å². The zero-order chi connectivity index (χ0) is 17.7. The fourth-order valence-corrected chi connectivity index (χ4v) is 4.12. The molecular formula is C18H25N5O2. The van der Waals surface area contributed by atoms with Crippen molar-refractivity contribution < 1.29 is 9.53 Å². The smallest absolute Gasteiger partial charge is 0.276 e. The van der Waals surface area contributed by atoms with Crippen LogP contribution in [0.2, 0.25) is 0 Å². The van der Waals surface area contributed by atoms with Crippen molar-refractivity contribution in [3.05, 3.63) is 28.3 Å². The fourth-order valence-electron chi connectivity index (χ4n) is 4.12. The van der Waals surface area contributed by atoms with Crippen LogP contribution in [0.3, 0.4) is 0 Å². The quantitative estimate of drug-likeness (QED) is 0.909. The third-order valence-corrected chi connectivity index (χ3v) is 5.19. The number of H-pyrrole nitrogens is 1. The van der Waals surface area contributed by atoms with Crippen LogP contribution < -0.4 is 4.90 Å². The Labute approximate surface area is 147 Å². The van der Waals surface area contributed by atoms with Crippen molar-refractivity contribution in [1.29, 1.82) is 0 Å². The summed E-state index contributed by atoms with van der Waals surface area (Å²) in [6, 6.07) is 0. The molecule has 0 fully saturated rings. The Bertz CT molecular complexity index is 822. The summed E-state index contributed by atoms with van der Waals surface area (Å²) in [4.78, 5) is 15.4. The van der Waals surface area contributed by atoms with Gasteiger partial charge in [0.2, 0.25) is 0 Å². The molecule has 0 aliphatic carbocycles. The number of nitrogens with one attached hydrogen (secondary N) is 1. The SMILES string of the molecule is CCn1nc2c(c1C(=O)N1CCCc3n[nH]c(C)c31)C[C@H](C)O[C@@H]2C. The molecule has 0 saturated carbocycles. The third kappa shape index (κ3) is 2.49. The molecule has 0 radical (unpaired) electrons. The lowest BCUT2D eigenvalue weighted by atomic mass is 9.98. The van der Waals surface area contributed by atoms with E-state index in [4.69, 9.17) is 4.74 Å². The predicted octanol–water partition coefficient (Wildman–Crippen LogP) is 2.55. The first-order valence-corrected chi connectivity index (χ1v) is 9.12. The van der Waals surface area contributed by atoms with Crippen molar-refractivity contribution in [2.24, 2.45) is 0 Å². The first kappa shape index (κ1) is 16.3. The van der Waals surface area contributed by atoms with Crippen molar-refractivity contribution in [3.8, 4) is 0 Å². The van der Waals surface area contributed by atoms with Gasteiger partial charge in [0.1, 0.15) is 5.69 Å². The second kappa shape index (κ2) is 5.98. The second-order valence-electron chi connectivity index (χ2n) is 7.03. The predicted molar refractivity (Wildman–Crippen MR) is 93.9 cm³/mol. The maximum Gasteiger partial charge on any atom is 0.276 e. The van der Waals surface area contributed by atoms with Crippen LogP contribution in [0.25, 0.3) is 0 Å². The number of amides is 1.